The highest BCUT2D eigenvalue weighted by atomic mass is 16.4. The van der Waals surface area contributed by atoms with E-state index in [2.05, 4.69) is 4.98 Å². The summed E-state index contributed by atoms with van der Waals surface area (Å²) in [6, 6.07) is 3.27. The van der Waals surface area contributed by atoms with Crippen LogP contribution in [0.5, 0.6) is 0 Å². The van der Waals surface area contributed by atoms with Crippen LogP contribution in [-0.2, 0) is 11.3 Å². The lowest BCUT2D eigenvalue weighted by Crippen LogP contribution is -2.28. The second-order valence-electron chi connectivity index (χ2n) is 3.96. The molecule has 0 unspecified atom stereocenters. The summed E-state index contributed by atoms with van der Waals surface area (Å²) < 4.78 is 0. The first kappa shape index (κ1) is 14.1. The summed E-state index contributed by atoms with van der Waals surface area (Å²) in [6.07, 6.45) is 2.04. The first-order chi connectivity index (χ1) is 8.54. The lowest BCUT2D eigenvalue weighted by atomic mass is 10.2. The minimum Gasteiger partial charge on any atom is -0.481 e. The molecule has 1 aromatic rings. The maximum absolute atomic E-state index is 12.0. The van der Waals surface area contributed by atoms with Gasteiger partial charge in [0.15, 0.2) is 0 Å². The molecule has 0 spiro atoms. The van der Waals surface area contributed by atoms with Crippen molar-refractivity contribution < 1.29 is 14.7 Å². The monoisotopic (exact) mass is 251 g/mol. The Morgan fingerprint density at radius 2 is 2.22 bits per heavy atom. The summed E-state index contributed by atoms with van der Waals surface area (Å²) in [5.74, 6) is -1.01. The van der Waals surface area contributed by atoms with E-state index < -0.39 is 5.97 Å². The van der Waals surface area contributed by atoms with Gasteiger partial charge >= 0.3 is 5.97 Å². The molecule has 0 radical (unpaired) electrons. The number of hydrogen-bond acceptors (Lipinski definition) is 4. The Balaban J connectivity index is 2.59. The summed E-state index contributed by atoms with van der Waals surface area (Å²) in [4.78, 5) is 27.9. The van der Waals surface area contributed by atoms with Gasteiger partial charge in [0.05, 0.1) is 5.69 Å². The minimum absolute atomic E-state index is 0.0576. The molecule has 18 heavy (non-hydrogen) atoms. The van der Waals surface area contributed by atoms with Crippen molar-refractivity contribution in [2.45, 2.75) is 19.4 Å². The third-order valence-electron chi connectivity index (χ3n) is 2.50. The van der Waals surface area contributed by atoms with E-state index in [1.807, 2.05) is 0 Å². The number of carbonyl (C=O) groups is 2. The fraction of sp³-hybridized carbons (Fsp3) is 0.417. The Morgan fingerprint density at radius 1 is 1.50 bits per heavy atom. The number of carboxylic acids is 1. The number of aromatic nitrogens is 1. The second-order valence-corrected chi connectivity index (χ2v) is 3.96. The van der Waals surface area contributed by atoms with Gasteiger partial charge in [-0.05, 0) is 18.6 Å². The number of nitrogens with two attached hydrogens (primary N) is 1. The van der Waals surface area contributed by atoms with E-state index in [1.165, 1.54) is 4.90 Å². The Morgan fingerprint density at radius 3 is 2.83 bits per heavy atom. The lowest BCUT2D eigenvalue weighted by Gasteiger charge is -2.16. The quantitative estimate of drug-likeness (QED) is 0.766. The van der Waals surface area contributed by atoms with Crippen LogP contribution in [0.2, 0.25) is 0 Å². The van der Waals surface area contributed by atoms with Crippen molar-refractivity contribution >= 4 is 11.9 Å². The third kappa shape index (κ3) is 4.14. The summed E-state index contributed by atoms with van der Waals surface area (Å²) in [5, 5.41) is 8.52. The van der Waals surface area contributed by atoms with Crippen molar-refractivity contribution in [1.82, 2.24) is 9.88 Å². The fourth-order valence-corrected chi connectivity index (χ4v) is 1.51. The topological polar surface area (TPSA) is 96.5 Å². The van der Waals surface area contributed by atoms with Crippen LogP contribution in [0.1, 0.15) is 28.9 Å². The van der Waals surface area contributed by atoms with Crippen LogP contribution in [0.15, 0.2) is 18.3 Å². The maximum Gasteiger partial charge on any atom is 0.303 e. The Bertz CT molecular complexity index is 434. The summed E-state index contributed by atoms with van der Waals surface area (Å²) >= 11 is 0. The molecule has 0 saturated heterocycles. The van der Waals surface area contributed by atoms with Crippen LogP contribution in [0.3, 0.4) is 0 Å². The van der Waals surface area contributed by atoms with Crippen LogP contribution in [-0.4, -0.2) is 40.5 Å². The number of amides is 1. The highest BCUT2D eigenvalue weighted by molar-refractivity contribution is 5.94. The largest absolute Gasteiger partial charge is 0.481 e. The average molecular weight is 251 g/mol. The van der Waals surface area contributed by atoms with Gasteiger partial charge in [-0.25, -0.2) is 0 Å². The van der Waals surface area contributed by atoms with Crippen molar-refractivity contribution in [1.29, 1.82) is 0 Å². The van der Waals surface area contributed by atoms with Gasteiger partial charge in [0, 0.05) is 38.3 Å². The molecule has 0 bridgehead atoms. The molecule has 1 heterocycles. The van der Waals surface area contributed by atoms with Crippen LogP contribution >= 0.6 is 0 Å². The molecular formula is C12H17N3O3. The highest BCUT2D eigenvalue weighted by Gasteiger charge is 2.12. The van der Waals surface area contributed by atoms with Gasteiger partial charge in [-0.15, -0.1) is 0 Å². The van der Waals surface area contributed by atoms with E-state index in [0.29, 0.717) is 24.2 Å². The zero-order valence-corrected chi connectivity index (χ0v) is 10.3. The van der Waals surface area contributed by atoms with Crippen molar-refractivity contribution in [2.75, 3.05) is 13.6 Å². The van der Waals surface area contributed by atoms with Crippen molar-refractivity contribution in [3.8, 4) is 0 Å². The average Bonchev–Trinajstić information content (AvgIpc) is 2.37. The van der Waals surface area contributed by atoms with Gasteiger partial charge in [-0.1, -0.05) is 0 Å². The van der Waals surface area contributed by atoms with Gasteiger partial charge < -0.3 is 15.7 Å². The fourth-order valence-electron chi connectivity index (χ4n) is 1.51. The number of aliphatic carboxylic acids is 1. The molecule has 0 aliphatic heterocycles. The molecular weight excluding hydrogens is 234 g/mol. The molecule has 0 fully saturated rings. The second kappa shape index (κ2) is 6.70. The smallest absolute Gasteiger partial charge is 0.303 e. The molecule has 1 amide bonds. The van der Waals surface area contributed by atoms with E-state index in [1.54, 1.807) is 25.4 Å². The Hall–Kier alpha value is -1.95. The van der Waals surface area contributed by atoms with Gasteiger partial charge in [0.25, 0.3) is 5.91 Å². The van der Waals surface area contributed by atoms with E-state index in [0.717, 1.165) is 0 Å². The molecule has 6 nitrogen and oxygen atoms in total. The lowest BCUT2D eigenvalue weighted by molar-refractivity contribution is -0.137. The number of hydrogen-bond donors (Lipinski definition) is 2. The molecule has 1 aromatic heterocycles. The van der Waals surface area contributed by atoms with E-state index >= 15 is 0 Å². The Labute approximate surface area is 105 Å². The van der Waals surface area contributed by atoms with Crippen LogP contribution in [0.4, 0.5) is 0 Å². The third-order valence-corrected chi connectivity index (χ3v) is 2.50. The predicted molar refractivity (Wildman–Crippen MR) is 66.0 cm³/mol. The normalized spacial score (nSPS) is 10.1. The number of nitrogens with zero attached hydrogens (tertiary/aromatic N) is 2. The van der Waals surface area contributed by atoms with Crippen molar-refractivity contribution in [2.24, 2.45) is 5.73 Å². The van der Waals surface area contributed by atoms with Crippen molar-refractivity contribution in [3.05, 3.63) is 29.6 Å². The maximum atomic E-state index is 12.0. The summed E-state index contributed by atoms with van der Waals surface area (Å²) in [6.45, 7) is 0.690. The molecule has 0 aliphatic rings. The zero-order chi connectivity index (χ0) is 13.5. The van der Waals surface area contributed by atoms with Gasteiger partial charge in [-0.2, -0.15) is 0 Å². The molecule has 0 aromatic carbocycles. The summed E-state index contributed by atoms with van der Waals surface area (Å²) in [7, 11) is 1.65. The van der Waals surface area contributed by atoms with Crippen LogP contribution < -0.4 is 5.73 Å². The number of carboxylic acid groups (broad SMARTS) is 1. The Kier molecular flexibility index (Phi) is 5.26. The minimum atomic E-state index is -0.856. The predicted octanol–water partition coefficient (Wildman–Crippen LogP) is 0.477. The summed E-state index contributed by atoms with van der Waals surface area (Å²) in [5.41, 5.74) is 6.63. The number of pyridine rings is 1. The van der Waals surface area contributed by atoms with Gasteiger partial charge in [-0.3, -0.25) is 14.6 Å². The first-order valence-electron chi connectivity index (χ1n) is 5.67. The highest BCUT2D eigenvalue weighted by Crippen LogP contribution is 2.06. The van der Waals surface area contributed by atoms with E-state index in [-0.39, 0.29) is 18.9 Å². The molecule has 0 aliphatic carbocycles. The molecule has 3 N–H and O–H groups in total. The van der Waals surface area contributed by atoms with E-state index in [4.69, 9.17) is 10.8 Å². The first-order valence-corrected chi connectivity index (χ1v) is 5.67. The van der Waals surface area contributed by atoms with Crippen LogP contribution in [0.25, 0.3) is 0 Å². The zero-order valence-electron chi connectivity index (χ0n) is 10.3. The molecule has 6 heteroatoms. The van der Waals surface area contributed by atoms with Crippen LogP contribution in [0, 0.1) is 0 Å². The molecule has 0 atom stereocenters. The molecule has 0 saturated carbocycles. The number of carbonyl (C=O) groups excluding carboxylic acids is 1. The van der Waals surface area contributed by atoms with Gasteiger partial charge in [0.1, 0.15) is 0 Å². The van der Waals surface area contributed by atoms with Crippen molar-refractivity contribution in [3.63, 3.8) is 0 Å². The SMILES string of the molecule is CN(CCCC(=O)O)C(=O)c1ccnc(CN)c1. The molecule has 98 valence electrons. The van der Waals surface area contributed by atoms with Gasteiger partial charge in [0.2, 0.25) is 0 Å². The molecule has 1 rings (SSSR count). The standard InChI is InChI=1S/C12H17N3O3/c1-15(6-2-3-11(16)17)12(18)9-4-5-14-10(7-9)8-13/h4-5,7H,2-3,6,8,13H2,1H3,(H,16,17). The number of rotatable bonds is 6. The van der Waals surface area contributed by atoms with E-state index in [9.17, 15) is 9.59 Å².